The number of piperazine rings is 1. The van der Waals surface area contributed by atoms with Crippen molar-refractivity contribution in [1.29, 1.82) is 0 Å². The van der Waals surface area contributed by atoms with Gasteiger partial charge in [-0.2, -0.15) is 0 Å². The van der Waals surface area contributed by atoms with Crippen LogP contribution in [0, 0.1) is 5.82 Å². The van der Waals surface area contributed by atoms with Crippen LogP contribution in [0.4, 0.5) is 4.39 Å². The van der Waals surface area contributed by atoms with Crippen LogP contribution in [0.5, 0.6) is 23.0 Å². The zero-order chi connectivity index (χ0) is 25.5. The van der Waals surface area contributed by atoms with E-state index in [1.807, 2.05) is 12.1 Å². The molecular formula is C28H24ClFN2O5. The number of fused-ring (bicyclic) bond motifs is 2. The van der Waals surface area contributed by atoms with Crippen LogP contribution in [0.2, 0.25) is 5.02 Å². The lowest BCUT2D eigenvalue weighted by molar-refractivity contribution is 0.101. The first-order valence-electron chi connectivity index (χ1n) is 12.0. The highest BCUT2D eigenvalue weighted by Crippen LogP contribution is 2.41. The van der Waals surface area contributed by atoms with Crippen molar-refractivity contribution >= 4 is 23.5 Å². The summed E-state index contributed by atoms with van der Waals surface area (Å²) in [6.45, 7) is 4.76. The number of carbonyl (C=O) groups is 1. The summed E-state index contributed by atoms with van der Waals surface area (Å²) in [6, 6.07) is 13.4. The van der Waals surface area contributed by atoms with Gasteiger partial charge in [0.15, 0.2) is 17.3 Å². The number of Topliss-reactive ketones (excluding diaryl/α,β-unsaturated/α-hetero) is 1. The average Bonchev–Trinajstić information content (AvgIpc) is 3.48. The second-order valence-electron chi connectivity index (χ2n) is 9.25. The Bertz CT molecular complexity index is 1400. The number of nitrogens with zero attached hydrogens (tertiary/aromatic N) is 2. The van der Waals surface area contributed by atoms with Crippen molar-refractivity contribution in [2.24, 2.45) is 0 Å². The zero-order valence-corrected chi connectivity index (χ0v) is 20.6. The number of carbonyl (C=O) groups excluding carboxylic acids is 1. The SMILES string of the molecule is O=C1/C(=C/c2c(F)cccc2Cl)Oc2c1ccc(O)c2CN1CCN(Cc2ccc3c(c2)OCO3)CC1. The Morgan fingerprint density at radius 1 is 0.973 bits per heavy atom. The Balaban J connectivity index is 1.14. The highest BCUT2D eigenvalue weighted by atomic mass is 35.5. The second-order valence-corrected chi connectivity index (χ2v) is 9.66. The van der Waals surface area contributed by atoms with Crippen LogP contribution in [0.3, 0.4) is 0 Å². The van der Waals surface area contributed by atoms with Crippen LogP contribution in [0.15, 0.2) is 54.3 Å². The van der Waals surface area contributed by atoms with Gasteiger partial charge in [-0.15, -0.1) is 0 Å². The summed E-state index contributed by atoms with van der Waals surface area (Å²) in [4.78, 5) is 17.6. The number of halogens is 2. The Morgan fingerprint density at radius 2 is 1.73 bits per heavy atom. The highest BCUT2D eigenvalue weighted by Gasteiger charge is 2.32. The van der Waals surface area contributed by atoms with E-state index in [9.17, 15) is 14.3 Å². The Labute approximate surface area is 218 Å². The molecule has 190 valence electrons. The number of phenols is 1. The molecule has 3 aromatic rings. The first-order valence-corrected chi connectivity index (χ1v) is 12.4. The van der Waals surface area contributed by atoms with Gasteiger partial charge in [0, 0.05) is 44.8 Å². The van der Waals surface area contributed by atoms with Gasteiger partial charge in [0.1, 0.15) is 17.3 Å². The molecule has 7 nitrogen and oxygen atoms in total. The summed E-state index contributed by atoms with van der Waals surface area (Å²) in [6.07, 6.45) is 1.32. The molecule has 6 rings (SSSR count). The molecule has 9 heteroatoms. The van der Waals surface area contributed by atoms with E-state index in [4.69, 9.17) is 25.8 Å². The van der Waals surface area contributed by atoms with Crippen molar-refractivity contribution in [1.82, 2.24) is 9.80 Å². The molecule has 0 aromatic heterocycles. The van der Waals surface area contributed by atoms with E-state index in [-0.39, 0.29) is 34.7 Å². The molecule has 0 unspecified atom stereocenters. The first-order chi connectivity index (χ1) is 18.0. The number of rotatable bonds is 5. The van der Waals surface area contributed by atoms with Crippen LogP contribution in [0.1, 0.15) is 27.0 Å². The van der Waals surface area contributed by atoms with Crippen molar-refractivity contribution < 1.29 is 28.5 Å². The van der Waals surface area contributed by atoms with E-state index in [0.717, 1.165) is 49.8 Å². The lowest BCUT2D eigenvalue weighted by Gasteiger charge is -2.35. The van der Waals surface area contributed by atoms with Crippen molar-refractivity contribution in [2.45, 2.75) is 13.1 Å². The smallest absolute Gasteiger partial charge is 0.231 e. The van der Waals surface area contributed by atoms with Crippen LogP contribution >= 0.6 is 11.6 Å². The fourth-order valence-electron chi connectivity index (χ4n) is 4.86. The van der Waals surface area contributed by atoms with E-state index in [0.29, 0.717) is 23.4 Å². The quantitative estimate of drug-likeness (QED) is 0.480. The number of hydrogen-bond acceptors (Lipinski definition) is 7. The largest absolute Gasteiger partial charge is 0.507 e. The van der Waals surface area contributed by atoms with Gasteiger partial charge < -0.3 is 19.3 Å². The second kappa shape index (κ2) is 9.70. The summed E-state index contributed by atoms with van der Waals surface area (Å²) < 4.78 is 31.0. The van der Waals surface area contributed by atoms with Crippen LogP contribution in [0.25, 0.3) is 6.08 Å². The monoisotopic (exact) mass is 522 g/mol. The van der Waals surface area contributed by atoms with Gasteiger partial charge in [-0.05, 0) is 48.0 Å². The normalized spacial score (nSPS) is 18.3. The van der Waals surface area contributed by atoms with Crippen LogP contribution in [-0.4, -0.2) is 53.7 Å². The number of phenolic OH excluding ortho intramolecular Hbond substituents is 1. The molecule has 0 bridgehead atoms. The molecule has 0 spiro atoms. The van der Waals surface area contributed by atoms with Gasteiger partial charge in [-0.1, -0.05) is 23.7 Å². The van der Waals surface area contributed by atoms with Crippen molar-refractivity contribution in [3.05, 3.63) is 87.4 Å². The van der Waals surface area contributed by atoms with Gasteiger partial charge in [0.05, 0.1) is 16.1 Å². The van der Waals surface area contributed by atoms with Crippen molar-refractivity contribution in [3.8, 4) is 23.0 Å². The molecule has 3 aliphatic heterocycles. The Kier molecular flexibility index (Phi) is 6.24. The molecule has 1 fully saturated rings. The third-order valence-electron chi connectivity index (χ3n) is 6.88. The van der Waals surface area contributed by atoms with E-state index >= 15 is 0 Å². The fourth-order valence-corrected chi connectivity index (χ4v) is 5.07. The average molecular weight is 523 g/mol. The molecule has 37 heavy (non-hydrogen) atoms. The summed E-state index contributed by atoms with van der Waals surface area (Å²) in [5, 5.41) is 10.8. The van der Waals surface area contributed by atoms with Crippen molar-refractivity contribution in [3.63, 3.8) is 0 Å². The summed E-state index contributed by atoms with van der Waals surface area (Å²) in [5.41, 5.74) is 2.13. The Morgan fingerprint density at radius 3 is 2.51 bits per heavy atom. The molecule has 0 saturated carbocycles. The van der Waals surface area contributed by atoms with Gasteiger partial charge in [0.2, 0.25) is 12.6 Å². The number of aromatic hydroxyl groups is 1. The Hall–Kier alpha value is -3.59. The molecule has 0 radical (unpaired) electrons. The number of hydrogen-bond donors (Lipinski definition) is 1. The van der Waals surface area contributed by atoms with E-state index in [2.05, 4.69) is 15.9 Å². The maximum absolute atomic E-state index is 14.3. The zero-order valence-electron chi connectivity index (χ0n) is 19.9. The van der Waals surface area contributed by atoms with Gasteiger partial charge in [0.25, 0.3) is 0 Å². The first kappa shape index (κ1) is 23.8. The number of ether oxygens (including phenoxy) is 3. The number of allylic oxidation sites excluding steroid dienone is 1. The topological polar surface area (TPSA) is 71.5 Å². The molecule has 3 heterocycles. The lowest BCUT2D eigenvalue weighted by atomic mass is 10.0. The van der Waals surface area contributed by atoms with E-state index in [1.54, 1.807) is 6.07 Å². The van der Waals surface area contributed by atoms with E-state index in [1.165, 1.54) is 30.3 Å². The van der Waals surface area contributed by atoms with Crippen LogP contribution in [-0.2, 0) is 13.1 Å². The molecule has 0 aliphatic carbocycles. The highest BCUT2D eigenvalue weighted by molar-refractivity contribution is 6.32. The minimum atomic E-state index is -0.547. The third kappa shape index (κ3) is 4.64. The minimum absolute atomic E-state index is 0.0256. The maximum atomic E-state index is 14.3. The van der Waals surface area contributed by atoms with Gasteiger partial charge >= 0.3 is 0 Å². The predicted molar refractivity (Wildman–Crippen MR) is 136 cm³/mol. The molecule has 3 aliphatic rings. The van der Waals surface area contributed by atoms with E-state index < -0.39 is 5.82 Å². The maximum Gasteiger partial charge on any atom is 0.231 e. The molecule has 1 N–H and O–H groups in total. The molecular weight excluding hydrogens is 499 g/mol. The lowest BCUT2D eigenvalue weighted by Crippen LogP contribution is -2.45. The molecule has 0 atom stereocenters. The number of benzene rings is 3. The van der Waals surface area contributed by atoms with Gasteiger partial charge in [-0.3, -0.25) is 14.6 Å². The predicted octanol–water partition coefficient (Wildman–Crippen LogP) is 4.85. The molecule has 3 aromatic carbocycles. The number of ketones is 1. The van der Waals surface area contributed by atoms with Crippen molar-refractivity contribution in [2.75, 3.05) is 33.0 Å². The molecule has 0 amide bonds. The fraction of sp³-hybridized carbons (Fsp3) is 0.250. The van der Waals surface area contributed by atoms with Gasteiger partial charge in [-0.25, -0.2) is 4.39 Å². The minimum Gasteiger partial charge on any atom is -0.507 e. The standard InChI is InChI=1S/C28H24ClFN2O5/c29-21-2-1-3-22(30)19(21)13-26-27(34)18-5-6-23(33)20(28(18)37-26)15-32-10-8-31(9-11-32)14-17-4-7-24-25(12-17)36-16-35-24/h1-7,12-13,33H,8-11,14-16H2/b26-13-. The third-order valence-corrected chi connectivity index (χ3v) is 7.21. The molecule has 1 saturated heterocycles. The summed E-state index contributed by atoms with van der Waals surface area (Å²) in [7, 11) is 0. The summed E-state index contributed by atoms with van der Waals surface area (Å²) >= 11 is 6.13. The van der Waals surface area contributed by atoms with Crippen LogP contribution < -0.4 is 14.2 Å². The summed E-state index contributed by atoms with van der Waals surface area (Å²) in [5.74, 6) is 0.982.